The topological polar surface area (TPSA) is 46.2 Å². The van der Waals surface area contributed by atoms with Crippen LogP contribution in [0.4, 0.5) is 14.5 Å². The van der Waals surface area contributed by atoms with Crippen LogP contribution in [0, 0.1) is 18.6 Å². The molecule has 0 aromatic heterocycles. The summed E-state index contributed by atoms with van der Waals surface area (Å²) in [6.07, 6.45) is 0.905. The Hall–Kier alpha value is -1.17. The van der Waals surface area contributed by atoms with Gasteiger partial charge >= 0.3 is 0 Å². The quantitative estimate of drug-likeness (QED) is 0.825. The minimum absolute atomic E-state index is 0.117. The number of nitrogens with one attached hydrogen (secondary N) is 1. The lowest BCUT2D eigenvalue weighted by Crippen LogP contribution is -2.10. The minimum Gasteiger partial charge on any atom is -0.284 e. The third-order valence-corrected chi connectivity index (χ3v) is 2.19. The molecular weight excluding hydrogens is 212 g/mol. The fourth-order valence-corrected chi connectivity index (χ4v) is 1.46. The average Bonchev–Trinajstić information content (AvgIpc) is 1.96. The second kappa shape index (κ2) is 3.53. The predicted molar refractivity (Wildman–Crippen MR) is 49.6 cm³/mol. The van der Waals surface area contributed by atoms with Crippen molar-refractivity contribution in [1.82, 2.24) is 0 Å². The van der Waals surface area contributed by atoms with Gasteiger partial charge in [0.25, 0.3) is 0 Å². The van der Waals surface area contributed by atoms with E-state index >= 15 is 0 Å². The van der Waals surface area contributed by atoms with Gasteiger partial charge in [-0.15, -0.1) is 0 Å². The molecule has 0 aliphatic carbocycles. The summed E-state index contributed by atoms with van der Waals surface area (Å²) in [6, 6.07) is 1.86. The van der Waals surface area contributed by atoms with Gasteiger partial charge in [-0.1, -0.05) is 0 Å². The van der Waals surface area contributed by atoms with Gasteiger partial charge in [0, 0.05) is 5.56 Å². The molecule has 1 rings (SSSR count). The number of rotatable bonds is 2. The molecule has 6 heteroatoms. The summed E-state index contributed by atoms with van der Waals surface area (Å²) in [6.45, 7) is 1.27. The SMILES string of the molecule is Cc1c(F)cc(NS(C)(=O)=O)cc1F. The van der Waals surface area contributed by atoms with Crippen molar-refractivity contribution in [2.24, 2.45) is 0 Å². The van der Waals surface area contributed by atoms with E-state index in [-0.39, 0.29) is 11.3 Å². The van der Waals surface area contributed by atoms with Crippen molar-refractivity contribution < 1.29 is 17.2 Å². The first-order valence-electron chi connectivity index (χ1n) is 3.73. The minimum atomic E-state index is -3.51. The zero-order valence-corrected chi connectivity index (χ0v) is 8.45. The molecule has 0 heterocycles. The number of anilines is 1. The van der Waals surface area contributed by atoms with Crippen LogP contribution in [0.3, 0.4) is 0 Å². The summed E-state index contributed by atoms with van der Waals surface area (Å²) in [7, 11) is -3.51. The van der Waals surface area contributed by atoms with Crippen molar-refractivity contribution in [1.29, 1.82) is 0 Å². The van der Waals surface area contributed by atoms with Crippen molar-refractivity contribution in [2.75, 3.05) is 11.0 Å². The monoisotopic (exact) mass is 221 g/mol. The molecule has 1 N–H and O–H groups in total. The first-order valence-corrected chi connectivity index (χ1v) is 5.62. The predicted octanol–water partition coefficient (Wildman–Crippen LogP) is 1.64. The van der Waals surface area contributed by atoms with Crippen LogP contribution in [0.5, 0.6) is 0 Å². The highest BCUT2D eigenvalue weighted by Crippen LogP contribution is 2.18. The molecule has 0 saturated carbocycles. The van der Waals surface area contributed by atoms with Crippen molar-refractivity contribution in [2.45, 2.75) is 6.92 Å². The number of sulfonamides is 1. The lowest BCUT2D eigenvalue weighted by atomic mass is 10.2. The fourth-order valence-electron chi connectivity index (χ4n) is 0.918. The van der Waals surface area contributed by atoms with E-state index < -0.39 is 21.7 Å². The Labute approximate surface area is 80.8 Å². The van der Waals surface area contributed by atoms with Crippen LogP contribution < -0.4 is 4.72 Å². The Morgan fingerprint density at radius 3 is 2.00 bits per heavy atom. The summed E-state index contributed by atoms with van der Waals surface area (Å²) < 4.78 is 49.4. The van der Waals surface area contributed by atoms with E-state index in [0.29, 0.717) is 0 Å². The van der Waals surface area contributed by atoms with Crippen molar-refractivity contribution in [3.63, 3.8) is 0 Å². The normalized spacial score (nSPS) is 11.4. The van der Waals surface area contributed by atoms with Crippen LogP contribution in [0.2, 0.25) is 0 Å². The maximum absolute atomic E-state index is 12.9. The van der Waals surface area contributed by atoms with E-state index in [2.05, 4.69) is 0 Å². The Kier molecular flexibility index (Phi) is 2.75. The second-order valence-electron chi connectivity index (χ2n) is 2.94. The van der Waals surface area contributed by atoms with Crippen molar-refractivity contribution >= 4 is 15.7 Å². The van der Waals surface area contributed by atoms with E-state index in [4.69, 9.17) is 0 Å². The van der Waals surface area contributed by atoms with E-state index in [1.54, 1.807) is 0 Å². The lowest BCUT2D eigenvalue weighted by molar-refractivity contribution is 0.569. The van der Waals surface area contributed by atoms with Gasteiger partial charge in [-0.3, -0.25) is 4.72 Å². The first kappa shape index (κ1) is 10.9. The average molecular weight is 221 g/mol. The Balaban J connectivity index is 3.14. The van der Waals surface area contributed by atoms with Crippen LogP contribution in [-0.2, 0) is 10.0 Å². The van der Waals surface area contributed by atoms with Crippen LogP contribution >= 0.6 is 0 Å². The fraction of sp³-hybridized carbons (Fsp3) is 0.250. The summed E-state index contributed by atoms with van der Waals surface area (Å²) in [5.74, 6) is -1.56. The molecule has 0 aliphatic heterocycles. The number of benzene rings is 1. The van der Waals surface area contributed by atoms with Crippen LogP contribution in [0.15, 0.2) is 12.1 Å². The molecule has 14 heavy (non-hydrogen) atoms. The highest BCUT2D eigenvalue weighted by Gasteiger charge is 2.09. The van der Waals surface area contributed by atoms with Gasteiger partial charge in [-0.05, 0) is 19.1 Å². The molecule has 1 aromatic carbocycles. The molecule has 3 nitrogen and oxygen atoms in total. The third kappa shape index (κ3) is 2.66. The Bertz CT molecular complexity index is 433. The summed E-state index contributed by atoms with van der Waals surface area (Å²) in [4.78, 5) is 0. The molecule has 0 radical (unpaired) electrons. The third-order valence-electron chi connectivity index (χ3n) is 1.58. The highest BCUT2D eigenvalue weighted by atomic mass is 32.2. The lowest BCUT2D eigenvalue weighted by Gasteiger charge is -2.05. The second-order valence-corrected chi connectivity index (χ2v) is 4.69. The molecule has 1 aromatic rings. The van der Waals surface area contributed by atoms with Crippen LogP contribution in [0.25, 0.3) is 0 Å². The molecule has 0 fully saturated rings. The zero-order valence-electron chi connectivity index (χ0n) is 7.64. The standard InChI is InChI=1S/C8H9F2NO2S/c1-5-7(9)3-6(4-8(5)10)11-14(2,12)13/h3-4,11H,1-2H3. The molecule has 0 saturated heterocycles. The van der Waals surface area contributed by atoms with Crippen molar-refractivity contribution in [3.05, 3.63) is 29.3 Å². The number of hydrogen-bond donors (Lipinski definition) is 1. The smallest absolute Gasteiger partial charge is 0.229 e. The van der Waals surface area contributed by atoms with Crippen molar-refractivity contribution in [3.8, 4) is 0 Å². The largest absolute Gasteiger partial charge is 0.284 e. The van der Waals surface area contributed by atoms with Gasteiger partial charge in [0.2, 0.25) is 10.0 Å². The number of halogens is 2. The molecule has 0 spiro atoms. The molecule has 0 atom stereocenters. The van der Waals surface area contributed by atoms with Gasteiger partial charge in [-0.2, -0.15) is 0 Å². The van der Waals surface area contributed by atoms with Gasteiger partial charge in [0.15, 0.2) is 0 Å². The van der Waals surface area contributed by atoms with E-state index in [9.17, 15) is 17.2 Å². The molecular formula is C8H9F2NO2S. The Morgan fingerprint density at radius 2 is 1.64 bits per heavy atom. The molecule has 0 bridgehead atoms. The van der Waals surface area contributed by atoms with E-state index in [1.165, 1.54) is 6.92 Å². The highest BCUT2D eigenvalue weighted by molar-refractivity contribution is 7.92. The molecule has 78 valence electrons. The Morgan fingerprint density at radius 1 is 1.21 bits per heavy atom. The molecule has 0 unspecified atom stereocenters. The van der Waals surface area contributed by atoms with Crippen LogP contribution in [-0.4, -0.2) is 14.7 Å². The molecule has 0 aliphatic rings. The maximum Gasteiger partial charge on any atom is 0.229 e. The van der Waals surface area contributed by atoms with Gasteiger partial charge in [-0.25, -0.2) is 17.2 Å². The summed E-state index contributed by atoms with van der Waals surface area (Å²) in [5.41, 5.74) is -0.253. The van der Waals surface area contributed by atoms with Gasteiger partial charge < -0.3 is 0 Å². The zero-order chi connectivity index (χ0) is 10.9. The maximum atomic E-state index is 12.9. The van der Waals surface area contributed by atoms with E-state index in [1.807, 2.05) is 4.72 Å². The number of hydrogen-bond acceptors (Lipinski definition) is 2. The van der Waals surface area contributed by atoms with E-state index in [0.717, 1.165) is 18.4 Å². The summed E-state index contributed by atoms with van der Waals surface area (Å²) >= 11 is 0. The van der Waals surface area contributed by atoms with Gasteiger partial charge in [0.05, 0.1) is 11.9 Å². The molecule has 0 amide bonds. The van der Waals surface area contributed by atoms with Crippen LogP contribution in [0.1, 0.15) is 5.56 Å². The first-order chi connectivity index (χ1) is 6.29. The van der Waals surface area contributed by atoms with Gasteiger partial charge in [0.1, 0.15) is 11.6 Å². The summed E-state index contributed by atoms with van der Waals surface area (Å²) in [5, 5.41) is 0.